The van der Waals surface area contributed by atoms with Crippen LogP contribution in [-0.2, 0) is 0 Å². The van der Waals surface area contributed by atoms with Gasteiger partial charge in [0.05, 0.1) is 7.11 Å². The molecule has 93 valence electrons. The van der Waals surface area contributed by atoms with Crippen LogP contribution in [0, 0.1) is 6.92 Å². The van der Waals surface area contributed by atoms with Crippen molar-refractivity contribution in [1.82, 2.24) is 0 Å². The van der Waals surface area contributed by atoms with Gasteiger partial charge in [-0.25, -0.2) is 0 Å². The first-order valence-electron chi connectivity index (χ1n) is 6.28. The van der Waals surface area contributed by atoms with E-state index < -0.39 is 0 Å². The molecule has 1 radical (unpaired) electrons. The summed E-state index contributed by atoms with van der Waals surface area (Å²) in [5, 5.41) is 2.48. The van der Waals surface area contributed by atoms with Crippen LogP contribution in [0.25, 0.3) is 21.9 Å². The molecule has 19 heavy (non-hydrogen) atoms. The maximum atomic E-state index is 5.36. The monoisotopic (exact) mass is 247 g/mol. The molecule has 0 saturated heterocycles. The summed E-state index contributed by atoms with van der Waals surface area (Å²) in [6.07, 6.45) is 0. The van der Waals surface area contributed by atoms with Crippen molar-refractivity contribution in [2.24, 2.45) is 0 Å². The second kappa shape index (κ2) is 4.77. The van der Waals surface area contributed by atoms with Crippen molar-refractivity contribution >= 4 is 10.8 Å². The fourth-order valence-corrected chi connectivity index (χ4v) is 2.47. The third-order valence-corrected chi connectivity index (χ3v) is 3.43. The minimum atomic E-state index is 0.824. The highest BCUT2D eigenvalue weighted by Gasteiger charge is 2.09. The first kappa shape index (κ1) is 11.8. The Morgan fingerprint density at radius 2 is 1.47 bits per heavy atom. The average molecular weight is 247 g/mol. The van der Waals surface area contributed by atoms with Crippen molar-refractivity contribution < 1.29 is 4.74 Å². The molecule has 3 aromatic rings. The molecule has 0 fully saturated rings. The summed E-state index contributed by atoms with van der Waals surface area (Å²) in [6.45, 7) is 4.15. The van der Waals surface area contributed by atoms with Gasteiger partial charge in [0.1, 0.15) is 5.75 Å². The van der Waals surface area contributed by atoms with E-state index in [9.17, 15) is 0 Å². The van der Waals surface area contributed by atoms with Gasteiger partial charge in [0.25, 0.3) is 0 Å². The van der Waals surface area contributed by atoms with Crippen LogP contribution in [0.1, 0.15) is 5.56 Å². The van der Waals surface area contributed by atoms with E-state index in [1.54, 1.807) is 7.11 Å². The lowest BCUT2D eigenvalue weighted by Crippen LogP contribution is -1.90. The second-order valence-corrected chi connectivity index (χ2v) is 4.51. The number of hydrogen-bond acceptors (Lipinski definition) is 1. The number of ether oxygens (including phenoxy) is 1. The topological polar surface area (TPSA) is 9.23 Å². The molecule has 1 nitrogen and oxygen atoms in total. The number of benzene rings is 3. The van der Waals surface area contributed by atoms with Gasteiger partial charge in [0, 0.05) is 5.56 Å². The molecule has 0 bridgehead atoms. The number of fused-ring (bicyclic) bond motifs is 1. The highest BCUT2D eigenvalue weighted by molar-refractivity contribution is 5.97. The Morgan fingerprint density at radius 3 is 2.32 bits per heavy atom. The molecule has 0 heterocycles. The van der Waals surface area contributed by atoms with Crippen LogP contribution in [0.3, 0.4) is 0 Å². The van der Waals surface area contributed by atoms with E-state index in [-0.39, 0.29) is 0 Å². The SMILES string of the molecule is [CH2]c1c(OC)cccc1-c1cccc2ccccc12. The minimum Gasteiger partial charge on any atom is -0.496 e. The van der Waals surface area contributed by atoms with Crippen LogP contribution in [0.5, 0.6) is 5.75 Å². The molecule has 3 aromatic carbocycles. The van der Waals surface area contributed by atoms with Gasteiger partial charge >= 0.3 is 0 Å². The van der Waals surface area contributed by atoms with Gasteiger partial charge in [-0.1, -0.05) is 54.6 Å². The van der Waals surface area contributed by atoms with Gasteiger partial charge in [-0.2, -0.15) is 0 Å². The molecule has 0 saturated carbocycles. The van der Waals surface area contributed by atoms with Crippen LogP contribution in [0.15, 0.2) is 60.7 Å². The van der Waals surface area contributed by atoms with Crippen molar-refractivity contribution in [3.8, 4) is 16.9 Å². The molecule has 0 N–H and O–H groups in total. The second-order valence-electron chi connectivity index (χ2n) is 4.51. The normalized spacial score (nSPS) is 10.6. The largest absolute Gasteiger partial charge is 0.496 e. The highest BCUT2D eigenvalue weighted by atomic mass is 16.5. The molecule has 0 amide bonds. The molecule has 3 rings (SSSR count). The molecule has 1 heteroatoms. The molecule has 0 aromatic heterocycles. The van der Waals surface area contributed by atoms with E-state index in [1.807, 2.05) is 12.1 Å². The van der Waals surface area contributed by atoms with E-state index in [2.05, 4.69) is 55.5 Å². The predicted octanol–water partition coefficient (Wildman–Crippen LogP) is 4.70. The van der Waals surface area contributed by atoms with Crippen LogP contribution in [-0.4, -0.2) is 7.11 Å². The van der Waals surface area contributed by atoms with E-state index in [0.717, 1.165) is 16.9 Å². The van der Waals surface area contributed by atoms with Crippen LogP contribution >= 0.6 is 0 Å². The Labute approximate surface area is 113 Å². The van der Waals surface area contributed by atoms with Crippen molar-refractivity contribution in [1.29, 1.82) is 0 Å². The standard InChI is InChI=1S/C18H15O/c1-13-15(10-6-12-18(13)19-2)17-11-5-8-14-7-3-4-9-16(14)17/h3-12H,1H2,2H3. The lowest BCUT2D eigenvalue weighted by atomic mass is 9.95. The molecule has 0 atom stereocenters. The number of methoxy groups -OCH3 is 1. The number of rotatable bonds is 2. The van der Waals surface area contributed by atoms with Crippen LogP contribution in [0.2, 0.25) is 0 Å². The van der Waals surface area contributed by atoms with Crippen molar-refractivity contribution in [3.05, 3.63) is 73.2 Å². The molecular weight excluding hydrogens is 232 g/mol. The van der Waals surface area contributed by atoms with E-state index in [4.69, 9.17) is 4.74 Å². The molecule has 0 aliphatic carbocycles. The summed E-state index contributed by atoms with van der Waals surface area (Å²) in [6, 6.07) is 20.8. The minimum absolute atomic E-state index is 0.824. The summed E-state index contributed by atoms with van der Waals surface area (Å²) in [5.74, 6) is 0.824. The maximum absolute atomic E-state index is 5.36. The Kier molecular flexibility index (Phi) is 2.96. The smallest absolute Gasteiger partial charge is 0.122 e. The summed E-state index contributed by atoms with van der Waals surface area (Å²) < 4.78 is 5.36. The fourth-order valence-electron chi connectivity index (χ4n) is 2.47. The molecule has 0 unspecified atom stereocenters. The molecule has 0 aliphatic heterocycles. The maximum Gasteiger partial charge on any atom is 0.122 e. The zero-order valence-electron chi connectivity index (χ0n) is 10.9. The van der Waals surface area contributed by atoms with Gasteiger partial charge in [-0.05, 0) is 34.9 Å². The Hall–Kier alpha value is -2.28. The zero-order chi connectivity index (χ0) is 13.2. The molecule has 0 spiro atoms. The lowest BCUT2D eigenvalue weighted by Gasteiger charge is -2.12. The van der Waals surface area contributed by atoms with Crippen molar-refractivity contribution in [2.45, 2.75) is 0 Å². The number of hydrogen-bond donors (Lipinski definition) is 0. The van der Waals surface area contributed by atoms with E-state index in [0.29, 0.717) is 0 Å². The zero-order valence-corrected chi connectivity index (χ0v) is 10.9. The Bertz CT molecular complexity index is 723. The molecule has 0 aliphatic rings. The fraction of sp³-hybridized carbons (Fsp3) is 0.0556. The van der Waals surface area contributed by atoms with E-state index in [1.165, 1.54) is 16.3 Å². The Morgan fingerprint density at radius 1 is 0.789 bits per heavy atom. The van der Waals surface area contributed by atoms with E-state index >= 15 is 0 Å². The predicted molar refractivity (Wildman–Crippen MR) is 80.4 cm³/mol. The van der Waals surface area contributed by atoms with Crippen LogP contribution in [0.4, 0.5) is 0 Å². The summed E-state index contributed by atoms with van der Waals surface area (Å²) in [4.78, 5) is 0. The van der Waals surface area contributed by atoms with Gasteiger partial charge < -0.3 is 4.74 Å². The summed E-state index contributed by atoms with van der Waals surface area (Å²) in [5.41, 5.74) is 3.25. The summed E-state index contributed by atoms with van der Waals surface area (Å²) >= 11 is 0. The quantitative estimate of drug-likeness (QED) is 0.638. The van der Waals surface area contributed by atoms with Gasteiger partial charge in [-0.3, -0.25) is 0 Å². The first-order chi connectivity index (χ1) is 9.31. The molecular formula is C18H15O. The summed E-state index contributed by atoms with van der Waals surface area (Å²) in [7, 11) is 1.68. The van der Waals surface area contributed by atoms with Gasteiger partial charge in [0.2, 0.25) is 0 Å². The van der Waals surface area contributed by atoms with Crippen LogP contribution < -0.4 is 4.74 Å². The highest BCUT2D eigenvalue weighted by Crippen LogP contribution is 2.34. The van der Waals surface area contributed by atoms with Crippen molar-refractivity contribution in [3.63, 3.8) is 0 Å². The lowest BCUT2D eigenvalue weighted by molar-refractivity contribution is 0.413. The average Bonchev–Trinajstić information content (AvgIpc) is 2.47. The third-order valence-electron chi connectivity index (χ3n) is 3.43. The third kappa shape index (κ3) is 1.97. The Balaban J connectivity index is 2.31. The van der Waals surface area contributed by atoms with Gasteiger partial charge in [0.15, 0.2) is 0 Å². The van der Waals surface area contributed by atoms with Crippen molar-refractivity contribution in [2.75, 3.05) is 7.11 Å². The first-order valence-corrected chi connectivity index (χ1v) is 6.28. The van der Waals surface area contributed by atoms with Gasteiger partial charge in [-0.15, -0.1) is 0 Å².